The smallest absolute Gasteiger partial charge is 0.256 e. The van der Waals surface area contributed by atoms with E-state index in [1.165, 1.54) is 0 Å². The number of nitrogen functional groups attached to an aromatic ring is 1. The molecule has 0 unspecified atom stereocenters. The first-order valence-electron chi connectivity index (χ1n) is 7.41. The molecule has 0 bridgehead atoms. The number of anilines is 1. The van der Waals surface area contributed by atoms with Crippen molar-refractivity contribution in [3.05, 3.63) is 36.0 Å². The van der Waals surface area contributed by atoms with Crippen LogP contribution in [-0.2, 0) is 0 Å². The lowest BCUT2D eigenvalue weighted by atomic mass is 10.1. The summed E-state index contributed by atoms with van der Waals surface area (Å²) in [5.74, 6) is 6.17. The number of fused-ring (bicyclic) bond motifs is 1. The Balaban J connectivity index is 2.05. The largest absolute Gasteiger partial charge is 0.336 e. The van der Waals surface area contributed by atoms with Crippen molar-refractivity contribution >= 4 is 22.5 Å². The van der Waals surface area contributed by atoms with E-state index in [1.807, 2.05) is 29.2 Å². The van der Waals surface area contributed by atoms with Crippen molar-refractivity contribution in [2.45, 2.75) is 32.2 Å². The Morgan fingerprint density at radius 2 is 2.10 bits per heavy atom. The maximum absolute atomic E-state index is 12.9. The predicted molar refractivity (Wildman–Crippen MR) is 83.9 cm³/mol. The molecule has 5 nitrogen and oxygen atoms in total. The van der Waals surface area contributed by atoms with Gasteiger partial charge in [-0.05, 0) is 24.6 Å². The Morgan fingerprint density at radius 1 is 1.38 bits per heavy atom. The molecule has 3 N–H and O–H groups in total. The molecule has 21 heavy (non-hydrogen) atoms. The van der Waals surface area contributed by atoms with Gasteiger partial charge in [-0.15, -0.1) is 0 Å². The van der Waals surface area contributed by atoms with Crippen LogP contribution in [0.25, 0.3) is 10.8 Å². The standard InChI is InChI=1S/C16H20N4O/c1-2-9-20(11-7-8-11)16(21)14-10-18-15(19-17)13-6-4-3-5-12(13)14/h3-6,10-11H,2,7-9,17H2,1H3,(H,18,19). The number of hydrogen-bond donors (Lipinski definition) is 2. The van der Waals surface area contributed by atoms with Crippen molar-refractivity contribution in [2.75, 3.05) is 12.0 Å². The molecule has 1 amide bonds. The molecule has 0 radical (unpaired) electrons. The number of aromatic nitrogens is 1. The third kappa shape index (κ3) is 2.56. The lowest BCUT2D eigenvalue weighted by molar-refractivity contribution is 0.0745. The van der Waals surface area contributed by atoms with Crippen molar-refractivity contribution in [3.8, 4) is 0 Å². The molecule has 1 aromatic heterocycles. The monoisotopic (exact) mass is 284 g/mol. The fourth-order valence-electron chi connectivity index (χ4n) is 2.71. The van der Waals surface area contributed by atoms with Crippen molar-refractivity contribution in [1.82, 2.24) is 9.88 Å². The van der Waals surface area contributed by atoms with Gasteiger partial charge in [0.2, 0.25) is 0 Å². The van der Waals surface area contributed by atoms with E-state index in [2.05, 4.69) is 17.3 Å². The van der Waals surface area contributed by atoms with Gasteiger partial charge < -0.3 is 10.3 Å². The molecule has 1 saturated carbocycles. The molecule has 1 aliphatic rings. The molecule has 1 fully saturated rings. The summed E-state index contributed by atoms with van der Waals surface area (Å²) in [6.07, 6.45) is 4.82. The number of rotatable bonds is 5. The highest BCUT2D eigenvalue weighted by molar-refractivity contribution is 6.09. The van der Waals surface area contributed by atoms with Gasteiger partial charge in [0.1, 0.15) is 5.82 Å². The fraction of sp³-hybridized carbons (Fsp3) is 0.375. The van der Waals surface area contributed by atoms with E-state index in [4.69, 9.17) is 5.84 Å². The lowest BCUT2D eigenvalue weighted by Crippen LogP contribution is -2.34. The SMILES string of the molecule is CCCN(C(=O)c1cnc(NN)c2ccccc12)C1CC1. The summed E-state index contributed by atoms with van der Waals surface area (Å²) in [7, 11) is 0. The van der Waals surface area contributed by atoms with Crippen molar-refractivity contribution in [3.63, 3.8) is 0 Å². The number of pyridine rings is 1. The average Bonchev–Trinajstić information content (AvgIpc) is 3.35. The number of hydrazine groups is 1. The number of nitrogens with two attached hydrogens (primary N) is 1. The summed E-state index contributed by atoms with van der Waals surface area (Å²) in [6, 6.07) is 8.13. The Hall–Kier alpha value is -2.14. The molecule has 0 spiro atoms. The van der Waals surface area contributed by atoms with Crippen LogP contribution < -0.4 is 11.3 Å². The van der Waals surface area contributed by atoms with Gasteiger partial charge in [-0.3, -0.25) is 4.79 Å². The number of nitrogens with zero attached hydrogens (tertiary/aromatic N) is 2. The Labute approximate surface area is 124 Å². The Morgan fingerprint density at radius 3 is 2.71 bits per heavy atom. The molecule has 3 rings (SSSR count). The highest BCUT2D eigenvalue weighted by Crippen LogP contribution is 2.31. The Kier molecular flexibility index (Phi) is 3.75. The highest BCUT2D eigenvalue weighted by Gasteiger charge is 2.33. The van der Waals surface area contributed by atoms with Crippen LogP contribution in [0.3, 0.4) is 0 Å². The van der Waals surface area contributed by atoms with Crippen molar-refractivity contribution in [1.29, 1.82) is 0 Å². The van der Waals surface area contributed by atoms with Gasteiger partial charge in [0, 0.05) is 24.2 Å². The summed E-state index contributed by atoms with van der Waals surface area (Å²) in [5.41, 5.74) is 3.25. The molecule has 0 saturated heterocycles. The molecule has 5 heteroatoms. The first kappa shape index (κ1) is 13.8. The summed E-state index contributed by atoms with van der Waals surface area (Å²) in [5, 5.41) is 1.77. The topological polar surface area (TPSA) is 71.2 Å². The average molecular weight is 284 g/mol. The van der Waals surface area contributed by atoms with Crippen LogP contribution in [0, 0.1) is 0 Å². The van der Waals surface area contributed by atoms with Gasteiger partial charge in [0.05, 0.1) is 5.56 Å². The minimum atomic E-state index is 0.0756. The minimum Gasteiger partial charge on any atom is -0.336 e. The maximum atomic E-state index is 12.9. The highest BCUT2D eigenvalue weighted by atomic mass is 16.2. The first-order valence-corrected chi connectivity index (χ1v) is 7.41. The molecule has 1 aliphatic carbocycles. The van der Waals surface area contributed by atoms with Crippen LogP contribution >= 0.6 is 0 Å². The predicted octanol–water partition coefficient (Wildman–Crippen LogP) is 2.54. The summed E-state index contributed by atoms with van der Waals surface area (Å²) in [6.45, 7) is 2.90. The van der Waals surface area contributed by atoms with Gasteiger partial charge in [-0.2, -0.15) is 0 Å². The maximum Gasteiger partial charge on any atom is 0.256 e. The van der Waals surface area contributed by atoms with Crippen LogP contribution in [0.5, 0.6) is 0 Å². The molecule has 0 aliphatic heterocycles. The van der Waals surface area contributed by atoms with Crippen LogP contribution in [0.4, 0.5) is 5.82 Å². The van der Waals surface area contributed by atoms with Gasteiger partial charge in [0.15, 0.2) is 0 Å². The quantitative estimate of drug-likeness (QED) is 0.654. The fourth-order valence-corrected chi connectivity index (χ4v) is 2.71. The second kappa shape index (κ2) is 5.69. The zero-order valence-electron chi connectivity index (χ0n) is 12.2. The van der Waals surface area contributed by atoms with E-state index in [0.717, 1.165) is 36.6 Å². The molecule has 1 aromatic carbocycles. The van der Waals surface area contributed by atoms with Crippen LogP contribution in [0.15, 0.2) is 30.5 Å². The third-order valence-electron chi connectivity index (χ3n) is 3.88. The summed E-state index contributed by atoms with van der Waals surface area (Å²) >= 11 is 0. The molecular formula is C16H20N4O. The van der Waals surface area contributed by atoms with Gasteiger partial charge in [0.25, 0.3) is 5.91 Å². The van der Waals surface area contributed by atoms with E-state index in [-0.39, 0.29) is 5.91 Å². The lowest BCUT2D eigenvalue weighted by Gasteiger charge is -2.22. The number of benzene rings is 1. The van der Waals surface area contributed by atoms with Crippen LogP contribution in [0.1, 0.15) is 36.5 Å². The second-order valence-corrected chi connectivity index (χ2v) is 5.44. The molecule has 110 valence electrons. The van der Waals surface area contributed by atoms with Gasteiger partial charge in [-0.25, -0.2) is 10.8 Å². The third-order valence-corrected chi connectivity index (χ3v) is 3.88. The number of carbonyl (C=O) groups excluding carboxylic acids is 1. The number of nitrogens with one attached hydrogen (secondary N) is 1. The van der Waals surface area contributed by atoms with Crippen molar-refractivity contribution < 1.29 is 4.79 Å². The van der Waals surface area contributed by atoms with E-state index >= 15 is 0 Å². The zero-order valence-corrected chi connectivity index (χ0v) is 12.2. The molecule has 1 heterocycles. The number of hydrogen-bond acceptors (Lipinski definition) is 4. The van der Waals surface area contributed by atoms with E-state index in [9.17, 15) is 4.79 Å². The van der Waals surface area contributed by atoms with Gasteiger partial charge >= 0.3 is 0 Å². The van der Waals surface area contributed by atoms with Crippen LogP contribution in [0.2, 0.25) is 0 Å². The van der Waals surface area contributed by atoms with Gasteiger partial charge in [-0.1, -0.05) is 31.2 Å². The molecule has 0 atom stereocenters. The summed E-state index contributed by atoms with van der Waals surface area (Å²) < 4.78 is 0. The number of carbonyl (C=O) groups is 1. The van der Waals surface area contributed by atoms with Crippen molar-refractivity contribution in [2.24, 2.45) is 5.84 Å². The second-order valence-electron chi connectivity index (χ2n) is 5.44. The normalized spacial score (nSPS) is 14.2. The first-order chi connectivity index (χ1) is 10.3. The van der Waals surface area contributed by atoms with Crippen LogP contribution in [-0.4, -0.2) is 28.4 Å². The van der Waals surface area contributed by atoms with E-state index in [1.54, 1.807) is 6.20 Å². The Bertz CT molecular complexity index is 666. The van der Waals surface area contributed by atoms with E-state index < -0.39 is 0 Å². The number of amides is 1. The summed E-state index contributed by atoms with van der Waals surface area (Å²) in [4.78, 5) is 19.1. The zero-order chi connectivity index (χ0) is 14.8. The molecule has 2 aromatic rings. The minimum absolute atomic E-state index is 0.0756. The van der Waals surface area contributed by atoms with E-state index in [0.29, 0.717) is 17.4 Å². The molecular weight excluding hydrogens is 264 g/mol.